The highest BCUT2D eigenvalue weighted by atomic mass is 16.5. The van der Waals surface area contributed by atoms with Gasteiger partial charge in [0.1, 0.15) is 11.5 Å². The number of aromatic hydroxyl groups is 1. The molecule has 20 heavy (non-hydrogen) atoms. The van der Waals surface area contributed by atoms with E-state index in [4.69, 9.17) is 4.74 Å². The summed E-state index contributed by atoms with van der Waals surface area (Å²) in [7, 11) is 0. The van der Waals surface area contributed by atoms with Gasteiger partial charge in [-0.25, -0.2) is 4.79 Å². The monoisotopic (exact) mass is 264 g/mol. The highest BCUT2D eigenvalue weighted by molar-refractivity contribution is 5.92. The SMILES string of the molecule is O=C(Oc1ccc2cc(O)ccc2c1)c1ccccc1. The smallest absolute Gasteiger partial charge is 0.343 e. The van der Waals surface area contributed by atoms with Gasteiger partial charge in [-0.2, -0.15) is 0 Å². The van der Waals surface area contributed by atoms with Gasteiger partial charge in [0.25, 0.3) is 0 Å². The van der Waals surface area contributed by atoms with Crippen LogP contribution < -0.4 is 4.74 Å². The van der Waals surface area contributed by atoms with Gasteiger partial charge < -0.3 is 9.84 Å². The Morgan fingerprint density at radius 2 is 1.55 bits per heavy atom. The summed E-state index contributed by atoms with van der Waals surface area (Å²) in [5, 5.41) is 11.2. The highest BCUT2D eigenvalue weighted by Gasteiger charge is 2.08. The van der Waals surface area contributed by atoms with E-state index in [-0.39, 0.29) is 11.7 Å². The van der Waals surface area contributed by atoms with Crippen molar-refractivity contribution in [2.24, 2.45) is 0 Å². The molecule has 0 saturated carbocycles. The molecule has 0 fully saturated rings. The number of hydrogen-bond acceptors (Lipinski definition) is 3. The maximum atomic E-state index is 11.9. The van der Waals surface area contributed by atoms with E-state index in [1.54, 1.807) is 54.6 Å². The normalized spacial score (nSPS) is 10.4. The van der Waals surface area contributed by atoms with E-state index in [1.165, 1.54) is 0 Å². The molecule has 0 radical (unpaired) electrons. The Hall–Kier alpha value is -2.81. The van der Waals surface area contributed by atoms with Crippen molar-refractivity contribution in [3.63, 3.8) is 0 Å². The maximum Gasteiger partial charge on any atom is 0.343 e. The molecule has 3 aromatic carbocycles. The van der Waals surface area contributed by atoms with Gasteiger partial charge >= 0.3 is 5.97 Å². The number of benzene rings is 3. The van der Waals surface area contributed by atoms with Crippen LogP contribution in [-0.2, 0) is 0 Å². The standard InChI is InChI=1S/C17H12O3/c18-15-8-6-14-11-16(9-7-13(14)10-15)20-17(19)12-4-2-1-3-5-12/h1-11,18H. The van der Waals surface area contributed by atoms with E-state index in [9.17, 15) is 9.90 Å². The molecular weight excluding hydrogens is 252 g/mol. The summed E-state index contributed by atoms with van der Waals surface area (Å²) >= 11 is 0. The van der Waals surface area contributed by atoms with Crippen molar-refractivity contribution in [1.82, 2.24) is 0 Å². The largest absolute Gasteiger partial charge is 0.508 e. The lowest BCUT2D eigenvalue weighted by atomic mass is 10.1. The zero-order valence-electron chi connectivity index (χ0n) is 10.6. The van der Waals surface area contributed by atoms with Gasteiger partial charge in [0.15, 0.2) is 0 Å². The molecule has 3 aromatic rings. The van der Waals surface area contributed by atoms with Crippen LogP contribution >= 0.6 is 0 Å². The highest BCUT2D eigenvalue weighted by Crippen LogP contribution is 2.24. The Morgan fingerprint density at radius 1 is 0.850 bits per heavy atom. The number of esters is 1. The van der Waals surface area contributed by atoms with Crippen molar-refractivity contribution in [1.29, 1.82) is 0 Å². The first-order valence-corrected chi connectivity index (χ1v) is 6.22. The Balaban J connectivity index is 1.88. The van der Waals surface area contributed by atoms with Gasteiger partial charge in [0.05, 0.1) is 5.56 Å². The Labute approximate surface area is 116 Å². The lowest BCUT2D eigenvalue weighted by molar-refractivity contribution is 0.0735. The fourth-order valence-corrected chi connectivity index (χ4v) is 2.01. The quantitative estimate of drug-likeness (QED) is 0.566. The summed E-state index contributed by atoms with van der Waals surface area (Å²) in [6, 6.07) is 19.2. The molecule has 0 heterocycles. The van der Waals surface area contributed by atoms with Crippen molar-refractivity contribution in [3.05, 3.63) is 72.3 Å². The Kier molecular flexibility index (Phi) is 3.09. The van der Waals surface area contributed by atoms with Gasteiger partial charge in [-0.05, 0) is 47.2 Å². The summed E-state index contributed by atoms with van der Waals surface area (Å²) in [5.74, 6) is 0.312. The molecule has 3 heteroatoms. The molecule has 98 valence electrons. The van der Waals surface area contributed by atoms with Gasteiger partial charge in [0.2, 0.25) is 0 Å². The molecule has 0 amide bonds. The number of ether oxygens (including phenoxy) is 1. The van der Waals surface area contributed by atoms with E-state index in [0.29, 0.717) is 11.3 Å². The van der Waals surface area contributed by atoms with Crippen LogP contribution in [0.25, 0.3) is 10.8 Å². The molecule has 0 atom stereocenters. The molecule has 1 N–H and O–H groups in total. The lowest BCUT2D eigenvalue weighted by Gasteiger charge is -2.06. The zero-order chi connectivity index (χ0) is 13.9. The van der Waals surface area contributed by atoms with Crippen LogP contribution in [-0.4, -0.2) is 11.1 Å². The van der Waals surface area contributed by atoms with Crippen LogP contribution in [0.3, 0.4) is 0 Å². The summed E-state index contributed by atoms with van der Waals surface area (Å²) in [4.78, 5) is 11.9. The summed E-state index contributed by atoms with van der Waals surface area (Å²) in [6.07, 6.45) is 0. The molecule has 0 aromatic heterocycles. The van der Waals surface area contributed by atoms with Crippen LogP contribution in [0.5, 0.6) is 11.5 Å². The molecule has 0 unspecified atom stereocenters. The second-order valence-electron chi connectivity index (χ2n) is 4.45. The maximum absolute atomic E-state index is 11.9. The number of phenols is 1. The number of hydrogen-bond donors (Lipinski definition) is 1. The summed E-state index contributed by atoms with van der Waals surface area (Å²) < 4.78 is 5.34. The molecule has 0 aliphatic rings. The van der Waals surface area contributed by atoms with Crippen molar-refractivity contribution in [2.75, 3.05) is 0 Å². The van der Waals surface area contributed by atoms with E-state index in [0.717, 1.165) is 10.8 Å². The number of carbonyl (C=O) groups is 1. The third kappa shape index (κ3) is 2.47. The van der Waals surface area contributed by atoms with Crippen molar-refractivity contribution >= 4 is 16.7 Å². The second-order valence-corrected chi connectivity index (χ2v) is 4.45. The number of phenolic OH excluding ortho intramolecular Hbond substituents is 1. The van der Waals surface area contributed by atoms with E-state index < -0.39 is 0 Å². The molecule has 0 bridgehead atoms. The predicted molar refractivity (Wildman–Crippen MR) is 77.0 cm³/mol. The topological polar surface area (TPSA) is 46.5 Å². The number of fused-ring (bicyclic) bond motifs is 1. The minimum atomic E-state index is -0.385. The fraction of sp³-hybridized carbons (Fsp3) is 0. The van der Waals surface area contributed by atoms with Gasteiger partial charge in [-0.1, -0.05) is 30.3 Å². The van der Waals surface area contributed by atoms with Crippen LogP contribution in [0, 0.1) is 0 Å². The number of carbonyl (C=O) groups excluding carboxylic acids is 1. The third-order valence-corrected chi connectivity index (χ3v) is 3.02. The molecule has 0 aliphatic carbocycles. The van der Waals surface area contributed by atoms with Crippen LogP contribution in [0.2, 0.25) is 0 Å². The van der Waals surface area contributed by atoms with E-state index in [1.807, 2.05) is 12.1 Å². The zero-order valence-corrected chi connectivity index (χ0v) is 10.6. The summed E-state index contributed by atoms with van der Waals surface area (Å²) in [6.45, 7) is 0. The van der Waals surface area contributed by atoms with E-state index in [2.05, 4.69) is 0 Å². The third-order valence-electron chi connectivity index (χ3n) is 3.02. The molecule has 3 nitrogen and oxygen atoms in total. The minimum absolute atomic E-state index is 0.214. The Bertz CT molecular complexity index is 764. The van der Waals surface area contributed by atoms with Crippen molar-refractivity contribution < 1.29 is 14.6 Å². The molecule has 0 aliphatic heterocycles. The fourth-order valence-electron chi connectivity index (χ4n) is 2.01. The first-order valence-electron chi connectivity index (χ1n) is 6.22. The van der Waals surface area contributed by atoms with Crippen molar-refractivity contribution in [2.45, 2.75) is 0 Å². The second kappa shape index (κ2) is 5.05. The average Bonchev–Trinajstić information content (AvgIpc) is 2.48. The van der Waals surface area contributed by atoms with Gasteiger partial charge in [0, 0.05) is 0 Å². The lowest BCUT2D eigenvalue weighted by Crippen LogP contribution is -2.07. The molecule has 0 saturated heterocycles. The molecule has 3 rings (SSSR count). The van der Waals surface area contributed by atoms with Crippen LogP contribution in [0.1, 0.15) is 10.4 Å². The Morgan fingerprint density at radius 3 is 2.35 bits per heavy atom. The average molecular weight is 264 g/mol. The molecular formula is C17H12O3. The minimum Gasteiger partial charge on any atom is -0.508 e. The van der Waals surface area contributed by atoms with Gasteiger partial charge in [-0.15, -0.1) is 0 Å². The molecule has 0 spiro atoms. The van der Waals surface area contributed by atoms with Crippen LogP contribution in [0.15, 0.2) is 66.7 Å². The number of rotatable bonds is 2. The predicted octanol–water partition coefficient (Wildman–Crippen LogP) is 3.76. The van der Waals surface area contributed by atoms with Gasteiger partial charge in [-0.3, -0.25) is 0 Å². The summed E-state index contributed by atoms with van der Waals surface area (Å²) in [5.41, 5.74) is 0.512. The van der Waals surface area contributed by atoms with Crippen LogP contribution in [0.4, 0.5) is 0 Å². The van der Waals surface area contributed by atoms with E-state index >= 15 is 0 Å². The first-order chi connectivity index (χ1) is 9.72. The first kappa shape index (κ1) is 12.2. The van der Waals surface area contributed by atoms with Crippen molar-refractivity contribution in [3.8, 4) is 11.5 Å².